The highest BCUT2D eigenvalue weighted by Gasteiger charge is 2.21. The molecule has 30 heavy (non-hydrogen) atoms. The van der Waals surface area contributed by atoms with E-state index >= 15 is 0 Å². The zero-order valence-electron chi connectivity index (χ0n) is 18.0. The van der Waals surface area contributed by atoms with Crippen molar-refractivity contribution < 1.29 is 29.0 Å². The van der Waals surface area contributed by atoms with E-state index in [9.17, 15) is 9.59 Å². The normalized spacial score (nSPS) is 11.4. The van der Waals surface area contributed by atoms with Gasteiger partial charge in [0.2, 0.25) is 0 Å². The highest BCUT2D eigenvalue weighted by Crippen LogP contribution is 2.36. The van der Waals surface area contributed by atoms with Gasteiger partial charge in [0, 0.05) is 17.3 Å². The molecular weight excluding hydrogens is 388 g/mol. The van der Waals surface area contributed by atoms with E-state index in [-0.39, 0.29) is 11.3 Å². The number of anilines is 1. The molecular formula is C22H28N2O6. The summed E-state index contributed by atoms with van der Waals surface area (Å²) in [7, 11) is 0. The largest absolute Gasteiger partial charge is 0.484 e. The second-order valence-corrected chi connectivity index (χ2v) is 8.57. The lowest BCUT2D eigenvalue weighted by Gasteiger charge is -2.27. The van der Waals surface area contributed by atoms with Crippen LogP contribution in [0.1, 0.15) is 51.9 Å². The van der Waals surface area contributed by atoms with E-state index in [0.29, 0.717) is 17.2 Å². The van der Waals surface area contributed by atoms with E-state index in [1.165, 1.54) is 24.3 Å². The monoisotopic (exact) mass is 416 g/mol. The van der Waals surface area contributed by atoms with Gasteiger partial charge in [-0.3, -0.25) is 15.3 Å². The van der Waals surface area contributed by atoms with Crippen molar-refractivity contribution in [2.45, 2.75) is 52.7 Å². The molecule has 0 radical (unpaired) electrons. The lowest BCUT2D eigenvalue weighted by Crippen LogP contribution is -2.26. The molecule has 0 aromatic heterocycles. The van der Waals surface area contributed by atoms with E-state index in [1.807, 2.05) is 41.5 Å². The van der Waals surface area contributed by atoms with Crippen LogP contribution in [0, 0.1) is 0 Å². The minimum atomic E-state index is -0.708. The molecule has 162 valence electrons. The van der Waals surface area contributed by atoms with Crippen molar-refractivity contribution in [3.63, 3.8) is 0 Å². The van der Waals surface area contributed by atoms with Gasteiger partial charge >= 0.3 is 6.09 Å². The van der Waals surface area contributed by atoms with Gasteiger partial charge in [0.25, 0.3) is 5.91 Å². The molecule has 2 aromatic rings. The van der Waals surface area contributed by atoms with Gasteiger partial charge in [0.05, 0.1) is 0 Å². The maximum absolute atomic E-state index is 12.2. The van der Waals surface area contributed by atoms with Crippen molar-refractivity contribution in [3.8, 4) is 17.2 Å². The maximum Gasteiger partial charge on any atom is 0.417 e. The van der Waals surface area contributed by atoms with Crippen LogP contribution >= 0.6 is 0 Å². The average Bonchev–Trinajstić information content (AvgIpc) is 2.61. The number of carbonyl (C=O) groups excluding carboxylic acids is 2. The van der Waals surface area contributed by atoms with Crippen LogP contribution in [0.5, 0.6) is 17.2 Å². The third-order valence-electron chi connectivity index (χ3n) is 3.45. The first kappa shape index (κ1) is 23.0. The third-order valence-corrected chi connectivity index (χ3v) is 3.45. The summed E-state index contributed by atoms with van der Waals surface area (Å²) in [6, 6.07) is 10.8. The zero-order valence-corrected chi connectivity index (χ0v) is 18.0. The van der Waals surface area contributed by atoms with Crippen molar-refractivity contribution in [2.75, 3.05) is 5.32 Å². The molecule has 2 aromatic carbocycles. The van der Waals surface area contributed by atoms with Gasteiger partial charge < -0.3 is 14.2 Å². The molecule has 8 heteroatoms. The Morgan fingerprint density at radius 2 is 1.40 bits per heavy atom. The van der Waals surface area contributed by atoms with Crippen molar-refractivity contribution in [3.05, 3.63) is 48.0 Å². The number of hydroxylamine groups is 1. The second-order valence-electron chi connectivity index (χ2n) is 8.57. The summed E-state index contributed by atoms with van der Waals surface area (Å²) in [5, 5.41) is 11.2. The Morgan fingerprint density at radius 1 is 0.833 bits per heavy atom. The Kier molecular flexibility index (Phi) is 6.94. The number of carbonyl (C=O) groups is 2. The maximum atomic E-state index is 12.2. The summed E-state index contributed by atoms with van der Waals surface area (Å²) >= 11 is 0. The van der Waals surface area contributed by atoms with Crippen LogP contribution in [0.15, 0.2) is 42.5 Å². The van der Waals surface area contributed by atoms with Crippen LogP contribution in [-0.4, -0.2) is 28.4 Å². The van der Waals surface area contributed by atoms with Crippen LogP contribution in [0.4, 0.5) is 10.5 Å². The number of ether oxygens (including phenoxy) is 3. The second kappa shape index (κ2) is 9.04. The molecule has 0 fully saturated rings. The van der Waals surface area contributed by atoms with Gasteiger partial charge in [-0.05, 0) is 77.9 Å². The molecule has 0 heterocycles. The number of hydrogen-bond acceptors (Lipinski definition) is 6. The molecule has 2 amide bonds. The third kappa shape index (κ3) is 7.29. The van der Waals surface area contributed by atoms with Gasteiger partial charge in [-0.2, -0.15) is 0 Å². The Balaban J connectivity index is 2.13. The summed E-state index contributed by atoms with van der Waals surface area (Å²) < 4.78 is 17.3. The Morgan fingerprint density at radius 3 is 1.93 bits per heavy atom. The van der Waals surface area contributed by atoms with E-state index < -0.39 is 23.2 Å². The fourth-order valence-corrected chi connectivity index (χ4v) is 2.40. The van der Waals surface area contributed by atoms with Gasteiger partial charge in [0.15, 0.2) is 11.5 Å². The van der Waals surface area contributed by atoms with Crippen LogP contribution in [0.2, 0.25) is 0 Å². The lowest BCUT2D eigenvalue weighted by molar-refractivity contribution is 0.0706. The summed E-state index contributed by atoms with van der Waals surface area (Å²) in [4.78, 5) is 23.6. The number of amides is 2. The minimum absolute atomic E-state index is 0.245. The quantitative estimate of drug-likeness (QED) is 0.479. The fourth-order valence-electron chi connectivity index (χ4n) is 2.40. The summed E-state index contributed by atoms with van der Waals surface area (Å²) in [5.74, 6) is 0.641. The zero-order chi connectivity index (χ0) is 22.5. The molecule has 0 saturated carbocycles. The van der Waals surface area contributed by atoms with E-state index in [2.05, 4.69) is 5.32 Å². The molecule has 0 atom stereocenters. The standard InChI is InChI=1S/C22H28N2O6/c1-21(2,3)29-17-12-11-16(13-18(17)30-22(4,5)6)28-20(26)23-15-9-7-14(8-10-15)19(25)24-27/h7-13,27H,1-6H3,(H,23,26)(H,24,25). The highest BCUT2D eigenvalue weighted by molar-refractivity contribution is 5.94. The first-order valence-corrected chi connectivity index (χ1v) is 9.42. The SMILES string of the molecule is CC(C)(C)Oc1ccc(OC(=O)Nc2ccc(C(=O)NO)cc2)cc1OC(C)(C)C. The summed E-state index contributed by atoms with van der Waals surface area (Å²) in [6.45, 7) is 11.5. The molecule has 0 aliphatic heterocycles. The van der Waals surface area contributed by atoms with Crippen LogP contribution in [0.3, 0.4) is 0 Å². The molecule has 0 saturated heterocycles. The van der Waals surface area contributed by atoms with E-state index in [0.717, 1.165) is 0 Å². The Hall–Kier alpha value is -3.26. The minimum Gasteiger partial charge on any atom is -0.484 e. The highest BCUT2D eigenvalue weighted by atomic mass is 16.6. The Labute approximate surface area is 176 Å². The smallest absolute Gasteiger partial charge is 0.417 e. The van der Waals surface area contributed by atoms with Gasteiger partial charge in [0.1, 0.15) is 17.0 Å². The topological polar surface area (TPSA) is 106 Å². The van der Waals surface area contributed by atoms with E-state index in [4.69, 9.17) is 19.4 Å². The van der Waals surface area contributed by atoms with Crippen molar-refractivity contribution >= 4 is 17.7 Å². The first-order chi connectivity index (χ1) is 13.9. The molecule has 0 aliphatic carbocycles. The number of hydrogen-bond donors (Lipinski definition) is 3. The predicted octanol–water partition coefficient (Wildman–Crippen LogP) is 4.77. The summed E-state index contributed by atoms with van der Waals surface area (Å²) in [5.41, 5.74) is 1.32. The van der Waals surface area contributed by atoms with Gasteiger partial charge in [-0.1, -0.05) is 0 Å². The fraction of sp³-hybridized carbons (Fsp3) is 0.364. The molecule has 0 spiro atoms. The average molecular weight is 416 g/mol. The van der Waals surface area contributed by atoms with Crippen molar-refractivity contribution in [1.29, 1.82) is 0 Å². The van der Waals surface area contributed by atoms with Gasteiger partial charge in [-0.15, -0.1) is 0 Å². The lowest BCUT2D eigenvalue weighted by atomic mass is 10.1. The van der Waals surface area contributed by atoms with Crippen LogP contribution in [0.25, 0.3) is 0 Å². The van der Waals surface area contributed by atoms with E-state index in [1.54, 1.807) is 23.7 Å². The van der Waals surface area contributed by atoms with Gasteiger partial charge in [-0.25, -0.2) is 10.3 Å². The molecule has 8 nitrogen and oxygen atoms in total. The first-order valence-electron chi connectivity index (χ1n) is 9.42. The molecule has 0 unspecified atom stereocenters. The molecule has 0 bridgehead atoms. The summed E-state index contributed by atoms with van der Waals surface area (Å²) in [6.07, 6.45) is -0.708. The molecule has 2 rings (SSSR count). The van der Waals surface area contributed by atoms with Crippen molar-refractivity contribution in [1.82, 2.24) is 5.48 Å². The molecule has 0 aliphatic rings. The Bertz CT molecular complexity index is 895. The predicted molar refractivity (Wildman–Crippen MR) is 113 cm³/mol. The number of rotatable bonds is 5. The van der Waals surface area contributed by atoms with Crippen molar-refractivity contribution in [2.24, 2.45) is 0 Å². The van der Waals surface area contributed by atoms with Crippen LogP contribution < -0.4 is 25.0 Å². The van der Waals surface area contributed by atoms with Crippen LogP contribution in [-0.2, 0) is 0 Å². The number of nitrogens with one attached hydrogen (secondary N) is 2. The molecule has 3 N–H and O–H groups in total. The number of benzene rings is 2.